The van der Waals surface area contributed by atoms with Crippen LogP contribution >= 0.6 is 12.4 Å². The molecule has 0 unspecified atom stereocenters. The fourth-order valence-electron chi connectivity index (χ4n) is 3.04. The first-order chi connectivity index (χ1) is 8.77. The molecule has 0 amide bonds. The number of fused-ring (bicyclic) bond motifs is 1. The zero-order valence-corrected chi connectivity index (χ0v) is 12.3. The van der Waals surface area contributed by atoms with Crippen LogP contribution in [-0.4, -0.2) is 6.54 Å². The summed E-state index contributed by atoms with van der Waals surface area (Å²) in [6.45, 7) is 5.48. The summed E-state index contributed by atoms with van der Waals surface area (Å²) in [6, 6.07) is 15.7. The highest BCUT2D eigenvalue weighted by atomic mass is 35.5. The van der Waals surface area contributed by atoms with Gasteiger partial charge in [-0.2, -0.15) is 0 Å². The van der Waals surface area contributed by atoms with Crippen LogP contribution < -0.4 is 5.32 Å². The second kappa shape index (κ2) is 5.77. The molecule has 1 heterocycles. The van der Waals surface area contributed by atoms with Crippen molar-refractivity contribution in [2.45, 2.75) is 26.3 Å². The Bertz CT molecular complexity index is 557. The van der Waals surface area contributed by atoms with E-state index in [4.69, 9.17) is 0 Å². The van der Waals surface area contributed by atoms with Gasteiger partial charge in [-0.05, 0) is 48.1 Å². The molecule has 0 fully saturated rings. The third-order valence-corrected chi connectivity index (χ3v) is 3.94. The largest absolute Gasteiger partial charge is 0.306 e. The van der Waals surface area contributed by atoms with Crippen molar-refractivity contribution < 1.29 is 0 Å². The van der Waals surface area contributed by atoms with E-state index in [1.807, 2.05) is 0 Å². The normalized spacial score (nSPS) is 17.5. The lowest BCUT2D eigenvalue weighted by Crippen LogP contribution is -2.31. The minimum Gasteiger partial charge on any atom is -0.306 e. The van der Waals surface area contributed by atoms with Gasteiger partial charge in [0.15, 0.2) is 0 Å². The predicted molar refractivity (Wildman–Crippen MR) is 83.2 cm³/mol. The monoisotopic (exact) mass is 273 g/mol. The first-order valence-corrected chi connectivity index (χ1v) is 6.64. The lowest BCUT2D eigenvalue weighted by atomic mass is 9.86. The summed E-state index contributed by atoms with van der Waals surface area (Å²) in [6.07, 6.45) is 1.14. The molecule has 19 heavy (non-hydrogen) atoms. The van der Waals surface area contributed by atoms with Crippen molar-refractivity contribution in [1.29, 1.82) is 0 Å². The summed E-state index contributed by atoms with van der Waals surface area (Å²) in [7, 11) is 0. The summed E-state index contributed by atoms with van der Waals surface area (Å²) in [5.41, 5.74) is 7.14. The Morgan fingerprint density at radius 2 is 1.63 bits per heavy atom. The maximum absolute atomic E-state index is 3.67. The molecule has 2 heteroatoms. The number of benzene rings is 2. The maximum atomic E-state index is 3.67. The van der Waals surface area contributed by atoms with Crippen LogP contribution in [0.5, 0.6) is 0 Å². The van der Waals surface area contributed by atoms with Gasteiger partial charge in [-0.25, -0.2) is 0 Å². The van der Waals surface area contributed by atoms with E-state index in [2.05, 4.69) is 61.6 Å². The van der Waals surface area contributed by atoms with Crippen molar-refractivity contribution in [3.63, 3.8) is 0 Å². The van der Waals surface area contributed by atoms with E-state index in [1.165, 1.54) is 27.8 Å². The van der Waals surface area contributed by atoms with Gasteiger partial charge in [-0.15, -0.1) is 12.4 Å². The van der Waals surface area contributed by atoms with Crippen molar-refractivity contribution in [2.75, 3.05) is 6.54 Å². The Morgan fingerprint density at radius 1 is 0.947 bits per heavy atom. The smallest absolute Gasteiger partial charge is 0.0584 e. The quantitative estimate of drug-likeness (QED) is 0.829. The lowest BCUT2D eigenvalue weighted by molar-refractivity contribution is 0.563. The molecule has 0 aromatic heterocycles. The van der Waals surface area contributed by atoms with Gasteiger partial charge in [-0.3, -0.25) is 0 Å². The predicted octanol–water partition coefficient (Wildman–Crippen LogP) is 3.96. The summed E-state index contributed by atoms with van der Waals surface area (Å²) >= 11 is 0. The molecule has 0 bridgehead atoms. The van der Waals surface area contributed by atoms with E-state index in [9.17, 15) is 0 Å². The molecule has 0 spiro atoms. The molecular formula is C17H20ClN. The molecule has 1 aliphatic rings. The average Bonchev–Trinajstić information content (AvgIpc) is 2.39. The number of halogens is 1. The van der Waals surface area contributed by atoms with Gasteiger partial charge >= 0.3 is 0 Å². The minimum absolute atomic E-state index is 0. The van der Waals surface area contributed by atoms with Gasteiger partial charge in [0.2, 0.25) is 0 Å². The molecule has 1 N–H and O–H groups in total. The van der Waals surface area contributed by atoms with E-state index in [-0.39, 0.29) is 12.4 Å². The molecule has 1 atom stereocenters. The third kappa shape index (κ3) is 2.54. The lowest BCUT2D eigenvalue weighted by Gasteiger charge is -2.29. The van der Waals surface area contributed by atoms with Crippen LogP contribution in [0.2, 0.25) is 0 Å². The topological polar surface area (TPSA) is 12.0 Å². The van der Waals surface area contributed by atoms with Crippen LogP contribution in [0.3, 0.4) is 0 Å². The van der Waals surface area contributed by atoms with Gasteiger partial charge in [-0.1, -0.05) is 42.5 Å². The first-order valence-electron chi connectivity index (χ1n) is 6.64. The number of nitrogens with one attached hydrogen (secondary N) is 1. The Labute approximate surface area is 121 Å². The van der Waals surface area contributed by atoms with E-state index in [1.54, 1.807) is 0 Å². The van der Waals surface area contributed by atoms with Gasteiger partial charge < -0.3 is 5.32 Å². The summed E-state index contributed by atoms with van der Waals surface area (Å²) in [5.74, 6) is 0. The molecule has 100 valence electrons. The van der Waals surface area contributed by atoms with Crippen LogP contribution in [0.1, 0.15) is 33.9 Å². The van der Waals surface area contributed by atoms with Crippen LogP contribution in [0.15, 0.2) is 42.5 Å². The second-order valence-corrected chi connectivity index (χ2v) is 5.14. The zero-order chi connectivity index (χ0) is 12.5. The Hall–Kier alpha value is -1.31. The third-order valence-electron chi connectivity index (χ3n) is 3.94. The van der Waals surface area contributed by atoms with Crippen LogP contribution in [0.4, 0.5) is 0 Å². The summed E-state index contributed by atoms with van der Waals surface area (Å²) in [5, 5.41) is 3.67. The molecule has 1 aliphatic heterocycles. The molecule has 0 saturated heterocycles. The molecular weight excluding hydrogens is 254 g/mol. The maximum Gasteiger partial charge on any atom is 0.0584 e. The zero-order valence-electron chi connectivity index (χ0n) is 11.4. The van der Waals surface area contributed by atoms with E-state index in [0.717, 1.165) is 13.0 Å². The molecule has 3 rings (SSSR count). The minimum atomic E-state index is 0. The SMILES string of the molecule is Cc1cccc(C)c1[C@@H]1NCCc2ccccc21.Cl. The Kier molecular flexibility index (Phi) is 4.28. The standard InChI is InChI=1S/C17H19N.ClH/c1-12-6-5-7-13(2)16(12)17-15-9-4-3-8-14(15)10-11-18-17;/h3-9,17-18H,10-11H2,1-2H3;1H/t17-;/m1./s1. The van der Waals surface area contributed by atoms with Crippen molar-refractivity contribution in [2.24, 2.45) is 0 Å². The van der Waals surface area contributed by atoms with E-state index in [0.29, 0.717) is 6.04 Å². The van der Waals surface area contributed by atoms with Crippen molar-refractivity contribution in [3.05, 3.63) is 70.3 Å². The second-order valence-electron chi connectivity index (χ2n) is 5.14. The molecule has 1 nitrogen and oxygen atoms in total. The molecule has 0 radical (unpaired) electrons. The summed E-state index contributed by atoms with van der Waals surface area (Å²) < 4.78 is 0. The highest BCUT2D eigenvalue weighted by Crippen LogP contribution is 2.32. The van der Waals surface area contributed by atoms with Crippen LogP contribution in [-0.2, 0) is 6.42 Å². The number of hydrogen-bond acceptors (Lipinski definition) is 1. The van der Waals surface area contributed by atoms with Crippen LogP contribution in [0.25, 0.3) is 0 Å². The number of rotatable bonds is 1. The van der Waals surface area contributed by atoms with Gasteiger partial charge in [0, 0.05) is 6.54 Å². The first kappa shape index (κ1) is 14.1. The van der Waals surface area contributed by atoms with E-state index < -0.39 is 0 Å². The fraction of sp³-hybridized carbons (Fsp3) is 0.294. The van der Waals surface area contributed by atoms with Crippen molar-refractivity contribution >= 4 is 12.4 Å². The Balaban J connectivity index is 0.00000133. The number of hydrogen-bond donors (Lipinski definition) is 1. The Morgan fingerprint density at radius 3 is 2.37 bits per heavy atom. The summed E-state index contributed by atoms with van der Waals surface area (Å²) in [4.78, 5) is 0. The van der Waals surface area contributed by atoms with Crippen molar-refractivity contribution in [1.82, 2.24) is 5.32 Å². The van der Waals surface area contributed by atoms with Gasteiger partial charge in [0.1, 0.15) is 0 Å². The molecule has 0 saturated carbocycles. The molecule has 0 aliphatic carbocycles. The van der Waals surface area contributed by atoms with Gasteiger partial charge in [0.25, 0.3) is 0 Å². The molecule has 2 aromatic rings. The van der Waals surface area contributed by atoms with Crippen molar-refractivity contribution in [3.8, 4) is 0 Å². The van der Waals surface area contributed by atoms with E-state index >= 15 is 0 Å². The van der Waals surface area contributed by atoms with Crippen LogP contribution in [0, 0.1) is 13.8 Å². The average molecular weight is 274 g/mol. The molecule has 2 aromatic carbocycles. The fourth-order valence-corrected chi connectivity index (χ4v) is 3.04. The highest BCUT2D eigenvalue weighted by Gasteiger charge is 2.23. The van der Waals surface area contributed by atoms with Gasteiger partial charge in [0.05, 0.1) is 6.04 Å². The highest BCUT2D eigenvalue weighted by molar-refractivity contribution is 5.85. The number of aryl methyl sites for hydroxylation is 2.